The third-order valence-corrected chi connectivity index (χ3v) is 6.67. The van der Waals surface area contributed by atoms with Crippen LogP contribution < -0.4 is 19.5 Å². The molecule has 0 radical (unpaired) electrons. The molecule has 5 rings (SSSR count). The number of hydrogen-bond donors (Lipinski definition) is 1. The number of nitrogens with zero attached hydrogens (tertiary/aromatic N) is 1. The smallest absolute Gasteiger partial charge is 0.233 e. The van der Waals surface area contributed by atoms with Gasteiger partial charge in [0.1, 0.15) is 5.75 Å². The highest BCUT2D eigenvalue weighted by molar-refractivity contribution is 6.01. The number of nitrogens with one attached hydrogen (secondary N) is 1. The Kier molecular flexibility index (Phi) is 5.77. The van der Waals surface area contributed by atoms with Gasteiger partial charge in [-0.3, -0.25) is 4.79 Å². The molecule has 0 unspecified atom stereocenters. The molecule has 1 aliphatic heterocycles. The standard InChI is InChI=1S/C27H28N2O5/c1-5-33-21-9-7-6-8-18(21)25-24-15(2)29-34-27(24)28-19-12-17(13-20(30)26(19)25)16-10-11-22(31-3)23(14-16)32-4/h6-11,14,17,25,28H,5,12-13H2,1-4H3/t17-,25-/m1/s1. The predicted molar refractivity (Wildman–Crippen MR) is 128 cm³/mol. The van der Waals surface area contributed by atoms with Crippen molar-refractivity contribution in [3.05, 3.63) is 76.1 Å². The quantitative estimate of drug-likeness (QED) is 0.530. The van der Waals surface area contributed by atoms with Crippen molar-refractivity contribution in [3.8, 4) is 17.2 Å². The molecule has 34 heavy (non-hydrogen) atoms. The minimum Gasteiger partial charge on any atom is -0.494 e. The summed E-state index contributed by atoms with van der Waals surface area (Å²) in [5, 5.41) is 7.59. The van der Waals surface area contributed by atoms with Crippen molar-refractivity contribution in [2.24, 2.45) is 0 Å². The first kappa shape index (κ1) is 22.1. The number of benzene rings is 2. The zero-order chi connectivity index (χ0) is 23.8. The number of rotatable bonds is 6. The van der Waals surface area contributed by atoms with Crippen molar-refractivity contribution in [3.63, 3.8) is 0 Å². The molecule has 7 nitrogen and oxygen atoms in total. The molecule has 0 fully saturated rings. The van der Waals surface area contributed by atoms with E-state index in [0.29, 0.717) is 36.8 Å². The Bertz CT molecular complexity index is 1280. The fourth-order valence-corrected chi connectivity index (χ4v) is 5.13. The van der Waals surface area contributed by atoms with E-state index in [4.69, 9.17) is 18.7 Å². The van der Waals surface area contributed by atoms with Gasteiger partial charge in [0.2, 0.25) is 5.88 Å². The van der Waals surface area contributed by atoms with Crippen LogP contribution in [-0.2, 0) is 4.79 Å². The molecule has 2 atom stereocenters. The highest BCUT2D eigenvalue weighted by atomic mass is 16.5. The van der Waals surface area contributed by atoms with Crippen molar-refractivity contribution in [1.82, 2.24) is 5.16 Å². The molecule has 2 aliphatic rings. The predicted octanol–water partition coefficient (Wildman–Crippen LogP) is 5.36. The first-order valence-corrected chi connectivity index (χ1v) is 11.5. The van der Waals surface area contributed by atoms with Crippen LogP contribution in [0.2, 0.25) is 0 Å². The number of methoxy groups -OCH3 is 2. The zero-order valence-electron chi connectivity index (χ0n) is 19.8. The average Bonchev–Trinajstić information content (AvgIpc) is 3.23. The van der Waals surface area contributed by atoms with Crippen LogP contribution in [0.5, 0.6) is 17.2 Å². The van der Waals surface area contributed by atoms with Crippen molar-refractivity contribution < 1.29 is 23.5 Å². The largest absolute Gasteiger partial charge is 0.494 e. The lowest BCUT2D eigenvalue weighted by Crippen LogP contribution is -2.29. The molecule has 0 spiro atoms. The topological polar surface area (TPSA) is 82.8 Å². The number of anilines is 1. The van der Waals surface area contributed by atoms with E-state index in [0.717, 1.165) is 39.4 Å². The molecular weight excluding hydrogens is 432 g/mol. The maximum Gasteiger partial charge on any atom is 0.233 e. The van der Waals surface area contributed by atoms with Crippen LogP contribution >= 0.6 is 0 Å². The lowest BCUT2D eigenvalue weighted by Gasteiger charge is -2.35. The Balaban J connectivity index is 1.60. The Morgan fingerprint density at radius 2 is 1.85 bits per heavy atom. The lowest BCUT2D eigenvalue weighted by atomic mass is 9.72. The molecule has 1 N–H and O–H groups in total. The molecule has 1 aliphatic carbocycles. The van der Waals surface area contributed by atoms with Crippen LogP contribution in [-0.4, -0.2) is 31.8 Å². The minimum atomic E-state index is -0.292. The Morgan fingerprint density at radius 3 is 2.62 bits per heavy atom. The number of Topliss-reactive ketones (excluding diaryl/α,β-unsaturated/α-hetero) is 1. The Hall–Kier alpha value is -3.74. The molecule has 7 heteroatoms. The summed E-state index contributed by atoms with van der Waals surface area (Å²) in [6.45, 7) is 4.41. The van der Waals surface area contributed by atoms with Crippen molar-refractivity contribution in [2.75, 3.05) is 26.1 Å². The van der Waals surface area contributed by atoms with Gasteiger partial charge < -0.3 is 24.1 Å². The number of carbonyl (C=O) groups excluding carboxylic acids is 1. The average molecular weight is 461 g/mol. The summed E-state index contributed by atoms with van der Waals surface area (Å²) < 4.78 is 22.5. The highest BCUT2D eigenvalue weighted by Gasteiger charge is 2.42. The summed E-state index contributed by atoms with van der Waals surface area (Å²) in [4.78, 5) is 13.7. The second kappa shape index (κ2) is 8.89. The van der Waals surface area contributed by atoms with Gasteiger partial charge >= 0.3 is 0 Å². The fraction of sp³-hybridized carbons (Fsp3) is 0.333. The summed E-state index contributed by atoms with van der Waals surface area (Å²) in [7, 11) is 3.23. The zero-order valence-corrected chi connectivity index (χ0v) is 19.8. The van der Waals surface area contributed by atoms with E-state index in [1.54, 1.807) is 14.2 Å². The minimum absolute atomic E-state index is 0.00640. The maximum absolute atomic E-state index is 13.7. The molecule has 0 saturated carbocycles. The van der Waals surface area contributed by atoms with Gasteiger partial charge in [0, 0.05) is 23.3 Å². The second-order valence-electron chi connectivity index (χ2n) is 8.57. The number of carbonyl (C=O) groups is 1. The van der Waals surface area contributed by atoms with Gasteiger partial charge in [-0.15, -0.1) is 0 Å². The van der Waals surface area contributed by atoms with Gasteiger partial charge in [-0.2, -0.15) is 0 Å². The molecule has 2 aromatic carbocycles. The van der Waals surface area contributed by atoms with E-state index in [1.807, 2.05) is 56.3 Å². The molecule has 3 aromatic rings. The molecule has 0 amide bonds. The van der Waals surface area contributed by atoms with Crippen LogP contribution in [0.25, 0.3) is 0 Å². The number of allylic oxidation sites excluding steroid dienone is 2. The van der Waals surface area contributed by atoms with E-state index >= 15 is 0 Å². The number of aryl methyl sites for hydroxylation is 1. The van der Waals surface area contributed by atoms with Gasteiger partial charge in [0.25, 0.3) is 0 Å². The Labute approximate surface area is 198 Å². The van der Waals surface area contributed by atoms with E-state index < -0.39 is 0 Å². The number of aromatic nitrogens is 1. The van der Waals surface area contributed by atoms with Crippen LogP contribution in [0.1, 0.15) is 54.0 Å². The number of fused-ring (bicyclic) bond motifs is 1. The molecule has 2 heterocycles. The van der Waals surface area contributed by atoms with Gasteiger partial charge in [0.05, 0.1) is 38.0 Å². The number of hydrogen-bond acceptors (Lipinski definition) is 7. The van der Waals surface area contributed by atoms with Gasteiger partial charge in [-0.1, -0.05) is 29.4 Å². The molecular formula is C27H28N2O5. The second-order valence-corrected chi connectivity index (χ2v) is 8.57. The molecule has 0 saturated heterocycles. The van der Waals surface area contributed by atoms with Crippen molar-refractivity contribution >= 4 is 11.7 Å². The van der Waals surface area contributed by atoms with Crippen LogP contribution in [0, 0.1) is 6.92 Å². The summed E-state index contributed by atoms with van der Waals surface area (Å²) in [5.74, 6) is 2.50. The highest BCUT2D eigenvalue weighted by Crippen LogP contribution is 2.51. The molecule has 0 bridgehead atoms. The van der Waals surface area contributed by atoms with Crippen LogP contribution in [0.4, 0.5) is 5.88 Å². The summed E-state index contributed by atoms with van der Waals surface area (Å²) in [6.07, 6.45) is 1.08. The summed E-state index contributed by atoms with van der Waals surface area (Å²) in [5.41, 5.74) is 5.27. The van der Waals surface area contributed by atoms with E-state index in [9.17, 15) is 4.79 Å². The van der Waals surface area contributed by atoms with Crippen LogP contribution in [0.3, 0.4) is 0 Å². The normalized spacial score (nSPS) is 19.2. The van der Waals surface area contributed by atoms with Crippen LogP contribution in [0.15, 0.2) is 58.3 Å². The third kappa shape index (κ3) is 3.61. The molecule has 1 aromatic heterocycles. The molecule has 176 valence electrons. The van der Waals surface area contributed by atoms with Gasteiger partial charge in [-0.25, -0.2) is 0 Å². The first-order valence-electron chi connectivity index (χ1n) is 11.5. The van der Waals surface area contributed by atoms with Crippen molar-refractivity contribution in [2.45, 2.75) is 38.5 Å². The number of ether oxygens (including phenoxy) is 3. The monoisotopic (exact) mass is 460 g/mol. The fourth-order valence-electron chi connectivity index (χ4n) is 5.13. The number of para-hydroxylation sites is 1. The Morgan fingerprint density at radius 1 is 1.06 bits per heavy atom. The number of ketones is 1. The third-order valence-electron chi connectivity index (χ3n) is 6.67. The van der Waals surface area contributed by atoms with E-state index in [1.165, 1.54) is 0 Å². The van der Waals surface area contributed by atoms with E-state index in [2.05, 4.69) is 10.5 Å². The van der Waals surface area contributed by atoms with Crippen molar-refractivity contribution in [1.29, 1.82) is 0 Å². The SMILES string of the molecule is CCOc1ccccc1[C@H]1C2=C(C[C@@H](c3ccc(OC)c(OC)c3)CC2=O)Nc2onc(C)c21. The van der Waals surface area contributed by atoms with Gasteiger partial charge in [0.15, 0.2) is 17.3 Å². The van der Waals surface area contributed by atoms with E-state index in [-0.39, 0.29) is 17.6 Å². The summed E-state index contributed by atoms with van der Waals surface area (Å²) in [6, 6.07) is 13.7. The first-order chi connectivity index (χ1) is 16.5. The summed E-state index contributed by atoms with van der Waals surface area (Å²) >= 11 is 0. The maximum atomic E-state index is 13.7. The lowest BCUT2D eigenvalue weighted by molar-refractivity contribution is -0.116. The van der Waals surface area contributed by atoms with Gasteiger partial charge in [-0.05, 0) is 49.9 Å².